The Bertz CT molecular complexity index is 828. The molecular formula is C17H18N4O4. The van der Waals surface area contributed by atoms with E-state index < -0.39 is 5.97 Å². The number of hydrogen-bond acceptors (Lipinski definition) is 4. The van der Waals surface area contributed by atoms with Crippen molar-refractivity contribution in [3.8, 4) is 0 Å². The lowest BCUT2D eigenvalue weighted by atomic mass is 10.0. The van der Waals surface area contributed by atoms with Crippen LogP contribution in [0.15, 0.2) is 30.5 Å². The maximum Gasteiger partial charge on any atom is 0.325 e. The fourth-order valence-corrected chi connectivity index (χ4v) is 2.75. The average molecular weight is 342 g/mol. The number of rotatable bonds is 7. The van der Waals surface area contributed by atoms with E-state index in [0.29, 0.717) is 25.1 Å². The summed E-state index contributed by atoms with van der Waals surface area (Å²) in [7, 11) is 0. The quantitative estimate of drug-likeness (QED) is 0.704. The van der Waals surface area contributed by atoms with Gasteiger partial charge < -0.3 is 15.7 Å². The van der Waals surface area contributed by atoms with Crippen molar-refractivity contribution in [2.24, 2.45) is 0 Å². The summed E-state index contributed by atoms with van der Waals surface area (Å²) in [4.78, 5) is 33.9. The van der Waals surface area contributed by atoms with Crippen LogP contribution in [0, 0.1) is 0 Å². The topological polar surface area (TPSA) is 113 Å². The van der Waals surface area contributed by atoms with Crippen molar-refractivity contribution in [1.82, 2.24) is 9.78 Å². The van der Waals surface area contributed by atoms with Crippen LogP contribution in [0.25, 0.3) is 0 Å². The van der Waals surface area contributed by atoms with Gasteiger partial charge in [-0.2, -0.15) is 5.10 Å². The second-order valence-corrected chi connectivity index (χ2v) is 5.91. The van der Waals surface area contributed by atoms with Crippen LogP contribution in [0.5, 0.6) is 0 Å². The molecule has 0 atom stereocenters. The third-order valence-corrected chi connectivity index (χ3v) is 3.87. The first kappa shape index (κ1) is 16.7. The molecule has 0 radical (unpaired) electrons. The van der Waals surface area contributed by atoms with Gasteiger partial charge in [-0.05, 0) is 30.0 Å². The van der Waals surface area contributed by atoms with Crippen molar-refractivity contribution in [2.45, 2.75) is 32.2 Å². The molecule has 0 spiro atoms. The van der Waals surface area contributed by atoms with Gasteiger partial charge in [-0.3, -0.25) is 19.1 Å². The van der Waals surface area contributed by atoms with Crippen LogP contribution in [0.1, 0.15) is 24.0 Å². The number of hydrogen-bond donors (Lipinski definition) is 3. The molecule has 25 heavy (non-hydrogen) atoms. The Kier molecular flexibility index (Phi) is 4.78. The molecule has 2 aromatic rings. The van der Waals surface area contributed by atoms with E-state index in [0.717, 1.165) is 23.2 Å². The fourth-order valence-electron chi connectivity index (χ4n) is 2.75. The largest absolute Gasteiger partial charge is 0.480 e. The van der Waals surface area contributed by atoms with Gasteiger partial charge in [0.25, 0.3) is 0 Å². The minimum Gasteiger partial charge on any atom is -0.480 e. The zero-order chi connectivity index (χ0) is 17.8. The second-order valence-electron chi connectivity index (χ2n) is 5.91. The van der Waals surface area contributed by atoms with Gasteiger partial charge in [0.05, 0.1) is 6.42 Å². The number of aryl methyl sites for hydroxylation is 1. The fraction of sp³-hybridized carbons (Fsp3) is 0.294. The molecule has 0 unspecified atom stereocenters. The number of carboxylic acid groups (broad SMARTS) is 1. The standard InChI is InChI=1S/C17H18N4O4/c22-15(19-14-6-7-21(20-14)10-17(24)25)3-1-2-11-4-5-13-12(8-11)9-16(23)18-13/h4-8H,1-3,9-10H2,(H,18,23)(H,24,25)(H,19,20,22). The molecule has 3 N–H and O–H groups in total. The number of fused-ring (bicyclic) bond motifs is 1. The molecule has 2 heterocycles. The Morgan fingerprint density at radius 3 is 2.96 bits per heavy atom. The molecule has 2 amide bonds. The third-order valence-electron chi connectivity index (χ3n) is 3.87. The molecule has 0 bridgehead atoms. The van der Waals surface area contributed by atoms with Crippen LogP contribution in [0.4, 0.5) is 11.5 Å². The number of nitrogens with zero attached hydrogens (tertiary/aromatic N) is 2. The summed E-state index contributed by atoms with van der Waals surface area (Å²) in [6.07, 6.45) is 3.65. The highest BCUT2D eigenvalue weighted by molar-refractivity contribution is 5.99. The Balaban J connectivity index is 1.45. The van der Waals surface area contributed by atoms with Crippen LogP contribution in [-0.4, -0.2) is 32.7 Å². The summed E-state index contributed by atoms with van der Waals surface area (Å²) in [5.74, 6) is -0.812. The number of aliphatic carboxylic acids is 1. The van der Waals surface area contributed by atoms with Crippen molar-refractivity contribution in [3.05, 3.63) is 41.6 Å². The van der Waals surface area contributed by atoms with Crippen LogP contribution in [-0.2, 0) is 33.8 Å². The van der Waals surface area contributed by atoms with Gasteiger partial charge in [-0.25, -0.2) is 0 Å². The number of aromatic nitrogens is 2. The Hall–Kier alpha value is -3.16. The highest BCUT2D eigenvalue weighted by Crippen LogP contribution is 2.24. The van der Waals surface area contributed by atoms with Crippen LogP contribution in [0.3, 0.4) is 0 Å². The van der Waals surface area contributed by atoms with E-state index in [1.807, 2.05) is 18.2 Å². The number of carbonyl (C=O) groups is 3. The molecule has 1 aliphatic rings. The molecule has 3 rings (SSSR count). The van der Waals surface area contributed by atoms with Crippen molar-refractivity contribution in [3.63, 3.8) is 0 Å². The van der Waals surface area contributed by atoms with E-state index in [1.54, 1.807) is 6.07 Å². The van der Waals surface area contributed by atoms with Gasteiger partial charge in [0.15, 0.2) is 5.82 Å². The normalized spacial score (nSPS) is 12.6. The number of anilines is 2. The monoisotopic (exact) mass is 342 g/mol. The number of carboxylic acids is 1. The van der Waals surface area contributed by atoms with Gasteiger partial charge in [0.1, 0.15) is 6.54 Å². The second kappa shape index (κ2) is 7.16. The molecule has 0 saturated heterocycles. The Labute approximate surface area is 143 Å². The van der Waals surface area contributed by atoms with Gasteiger partial charge >= 0.3 is 5.97 Å². The van der Waals surface area contributed by atoms with Crippen LogP contribution in [0.2, 0.25) is 0 Å². The molecule has 8 nitrogen and oxygen atoms in total. The van der Waals surface area contributed by atoms with Gasteiger partial charge in [-0.1, -0.05) is 12.1 Å². The number of benzene rings is 1. The van der Waals surface area contributed by atoms with Crippen molar-refractivity contribution < 1.29 is 19.5 Å². The predicted molar refractivity (Wildman–Crippen MR) is 90.2 cm³/mol. The molecule has 8 heteroatoms. The van der Waals surface area contributed by atoms with Crippen molar-refractivity contribution >= 4 is 29.3 Å². The lowest BCUT2D eigenvalue weighted by molar-refractivity contribution is -0.137. The van der Waals surface area contributed by atoms with Gasteiger partial charge in [0.2, 0.25) is 11.8 Å². The van der Waals surface area contributed by atoms with Gasteiger partial charge in [-0.15, -0.1) is 0 Å². The van der Waals surface area contributed by atoms with Gasteiger partial charge in [0, 0.05) is 24.4 Å². The SMILES string of the molecule is O=C(O)Cn1ccc(NC(=O)CCCc2ccc3c(c2)CC(=O)N3)n1. The van der Waals surface area contributed by atoms with E-state index >= 15 is 0 Å². The predicted octanol–water partition coefficient (Wildman–Crippen LogP) is 1.42. The highest BCUT2D eigenvalue weighted by Gasteiger charge is 2.17. The third kappa shape index (κ3) is 4.43. The molecule has 1 aromatic heterocycles. The Morgan fingerprint density at radius 2 is 2.16 bits per heavy atom. The molecule has 130 valence electrons. The Morgan fingerprint density at radius 1 is 1.32 bits per heavy atom. The minimum absolute atomic E-state index is 0.00821. The van der Waals surface area contributed by atoms with Crippen molar-refractivity contribution in [2.75, 3.05) is 10.6 Å². The summed E-state index contributed by atoms with van der Waals surface area (Å²) in [6, 6.07) is 7.41. The van der Waals surface area contributed by atoms with E-state index in [4.69, 9.17) is 5.11 Å². The molecule has 1 aromatic carbocycles. The summed E-state index contributed by atoms with van der Waals surface area (Å²) in [5.41, 5.74) is 2.95. The highest BCUT2D eigenvalue weighted by atomic mass is 16.4. The molecule has 0 fully saturated rings. The zero-order valence-corrected chi connectivity index (χ0v) is 13.5. The van der Waals surface area contributed by atoms with E-state index in [1.165, 1.54) is 10.9 Å². The first-order valence-corrected chi connectivity index (χ1v) is 7.96. The first-order chi connectivity index (χ1) is 12.0. The van der Waals surface area contributed by atoms with E-state index in [2.05, 4.69) is 15.7 Å². The molecular weight excluding hydrogens is 324 g/mol. The lowest BCUT2D eigenvalue weighted by Crippen LogP contribution is -2.13. The van der Waals surface area contributed by atoms with Crippen LogP contribution >= 0.6 is 0 Å². The smallest absolute Gasteiger partial charge is 0.325 e. The number of carbonyl (C=O) groups excluding carboxylic acids is 2. The van der Waals surface area contributed by atoms with E-state index in [-0.39, 0.29) is 18.4 Å². The van der Waals surface area contributed by atoms with Crippen molar-refractivity contribution in [1.29, 1.82) is 0 Å². The number of nitrogens with one attached hydrogen (secondary N) is 2. The lowest BCUT2D eigenvalue weighted by Gasteiger charge is -2.05. The summed E-state index contributed by atoms with van der Waals surface area (Å²) >= 11 is 0. The molecule has 1 aliphatic heterocycles. The number of amides is 2. The first-order valence-electron chi connectivity index (χ1n) is 7.96. The van der Waals surface area contributed by atoms with Crippen LogP contribution < -0.4 is 10.6 Å². The maximum atomic E-state index is 11.9. The molecule has 0 saturated carbocycles. The summed E-state index contributed by atoms with van der Waals surface area (Å²) in [6.45, 7) is -0.244. The summed E-state index contributed by atoms with van der Waals surface area (Å²) < 4.78 is 1.25. The molecule has 0 aliphatic carbocycles. The van der Waals surface area contributed by atoms with E-state index in [9.17, 15) is 14.4 Å². The average Bonchev–Trinajstić information content (AvgIpc) is 3.11. The summed E-state index contributed by atoms with van der Waals surface area (Å²) in [5, 5.41) is 18.1. The minimum atomic E-state index is -0.993. The maximum absolute atomic E-state index is 11.9. The zero-order valence-electron chi connectivity index (χ0n) is 13.5.